The van der Waals surface area contributed by atoms with Crippen molar-refractivity contribution in [3.8, 4) is 0 Å². The summed E-state index contributed by atoms with van der Waals surface area (Å²) < 4.78 is 5.52. The third kappa shape index (κ3) is 5.58. The van der Waals surface area contributed by atoms with E-state index in [0.717, 1.165) is 49.7 Å². The van der Waals surface area contributed by atoms with Crippen molar-refractivity contribution in [2.45, 2.75) is 85.7 Å². The molecule has 5 saturated heterocycles. The van der Waals surface area contributed by atoms with Gasteiger partial charge >= 0.3 is 0 Å². The highest BCUT2D eigenvalue weighted by atomic mass is 32.2. The molecule has 11 nitrogen and oxygen atoms in total. The Morgan fingerprint density at radius 1 is 1.10 bits per heavy atom. The number of hydrogen-bond acceptors (Lipinski definition) is 11. The van der Waals surface area contributed by atoms with Crippen molar-refractivity contribution in [3.05, 3.63) is 11.1 Å². The van der Waals surface area contributed by atoms with Crippen molar-refractivity contribution in [1.82, 2.24) is 31.6 Å². The first kappa shape index (κ1) is 27.9. The largest absolute Gasteiger partial charge is 0.378 e. The van der Waals surface area contributed by atoms with Gasteiger partial charge in [-0.15, -0.1) is 23.5 Å². The van der Waals surface area contributed by atoms with Crippen LogP contribution in [0.25, 0.3) is 0 Å². The van der Waals surface area contributed by atoms with E-state index in [0.29, 0.717) is 37.1 Å². The molecular formula is C27H44N7O4S2+. The summed E-state index contributed by atoms with van der Waals surface area (Å²) in [5, 5.41) is 15.7. The first-order valence-electron chi connectivity index (χ1n) is 15.2. The van der Waals surface area contributed by atoms with Crippen LogP contribution < -0.4 is 32.5 Å². The highest BCUT2D eigenvalue weighted by molar-refractivity contribution is 8.07. The monoisotopic (exact) mass is 594 g/mol. The maximum absolute atomic E-state index is 13.1. The van der Waals surface area contributed by atoms with Crippen LogP contribution in [-0.4, -0.2) is 102 Å². The summed E-state index contributed by atoms with van der Waals surface area (Å²) in [5.41, 5.74) is 7.73. The van der Waals surface area contributed by atoms with Gasteiger partial charge in [0.1, 0.15) is 6.23 Å². The van der Waals surface area contributed by atoms with Gasteiger partial charge in [-0.2, -0.15) is 5.48 Å². The molecule has 8 N–H and O–H groups in total. The molecule has 7 rings (SSSR count). The molecule has 7 aliphatic rings. The Morgan fingerprint density at radius 2 is 1.95 bits per heavy atom. The van der Waals surface area contributed by atoms with E-state index in [1.165, 1.54) is 19.3 Å². The quantitative estimate of drug-likeness (QED) is 0.224. The minimum Gasteiger partial charge on any atom is -0.378 e. The minimum atomic E-state index is -0.201. The van der Waals surface area contributed by atoms with Crippen LogP contribution in [0.1, 0.15) is 38.5 Å². The number of nitrogens with one attached hydrogen (secondary N) is 5. The number of carbonyl (C=O) groups excluding carboxylic acids is 2. The van der Waals surface area contributed by atoms with Crippen LogP contribution >= 0.6 is 23.5 Å². The van der Waals surface area contributed by atoms with E-state index in [1.54, 1.807) is 11.8 Å². The average molecular weight is 595 g/mol. The molecule has 9 unspecified atom stereocenters. The van der Waals surface area contributed by atoms with Gasteiger partial charge < -0.3 is 20.7 Å². The van der Waals surface area contributed by atoms with Crippen LogP contribution in [-0.2, 0) is 19.2 Å². The van der Waals surface area contributed by atoms with E-state index in [2.05, 4.69) is 37.4 Å². The molecule has 6 heterocycles. The summed E-state index contributed by atoms with van der Waals surface area (Å²) in [4.78, 5) is 34.3. The van der Waals surface area contributed by atoms with Gasteiger partial charge in [0.25, 0.3) is 0 Å². The number of ketones is 1. The Kier molecular flexibility index (Phi) is 8.37. The minimum absolute atomic E-state index is 0.0139. The lowest BCUT2D eigenvalue weighted by molar-refractivity contribution is -0.431. The van der Waals surface area contributed by atoms with Crippen LogP contribution in [0.4, 0.5) is 0 Å². The Balaban J connectivity index is 0.985. The fraction of sp³-hybridized carbons (Fsp3) is 0.852. The number of allylic oxidation sites excluding steroid dienone is 1. The zero-order valence-corrected chi connectivity index (χ0v) is 24.7. The Morgan fingerprint density at radius 3 is 2.80 bits per heavy atom. The number of morpholine rings is 1. The van der Waals surface area contributed by atoms with E-state index in [1.807, 2.05) is 17.8 Å². The summed E-state index contributed by atoms with van der Waals surface area (Å²) in [6.07, 6.45) is 8.24. The molecule has 1 amide bonds. The van der Waals surface area contributed by atoms with Crippen molar-refractivity contribution in [2.75, 3.05) is 38.6 Å². The Labute approximate surface area is 244 Å². The zero-order chi connectivity index (χ0) is 27.2. The third-order valence-corrected chi connectivity index (χ3v) is 13.1. The first-order valence-corrected chi connectivity index (χ1v) is 17.1. The highest BCUT2D eigenvalue weighted by Gasteiger charge is 2.51. The maximum Gasteiger partial charge on any atom is 0.226 e. The summed E-state index contributed by atoms with van der Waals surface area (Å²) >= 11 is 3.66. The second kappa shape index (κ2) is 12.0. The second-order valence-electron chi connectivity index (χ2n) is 12.5. The molecule has 0 aromatic heterocycles. The predicted octanol–water partition coefficient (Wildman–Crippen LogP) is -1.06. The van der Waals surface area contributed by atoms with Gasteiger partial charge in [-0.05, 0) is 36.9 Å². The fourth-order valence-corrected chi connectivity index (χ4v) is 11.3. The van der Waals surface area contributed by atoms with E-state index in [4.69, 9.17) is 9.57 Å². The van der Waals surface area contributed by atoms with Crippen LogP contribution in [0, 0.1) is 17.8 Å². The van der Waals surface area contributed by atoms with Gasteiger partial charge in [-0.1, -0.05) is 6.42 Å². The lowest BCUT2D eigenvalue weighted by Crippen LogP contribution is -2.73. The van der Waals surface area contributed by atoms with Gasteiger partial charge in [-0.25, -0.2) is 0 Å². The maximum atomic E-state index is 13.1. The standard InChI is InChI=1S/C27H43N7O4S2/c28-16-3-1-2-4-17(16)30-20-9-14-12-29-27(36)23(14)26(31-20)32-21-10-18(33-38-21)15-13-39-25-19(35)11-22(40-24(15)25)34-5-7-37-8-6-34/h11,14-18,20-21,23-26,30-33H,1-10,12-13,28H2,(H,29,36)/p+1/t14?,15?,16-,17+,18?,20?,21?,23?,24?,25?,26?/m1/s1. The second-order valence-corrected chi connectivity index (χ2v) is 14.9. The number of quaternary nitrogens is 1. The lowest BCUT2D eigenvalue weighted by Gasteiger charge is -2.42. The molecule has 40 heavy (non-hydrogen) atoms. The topological polar surface area (TPSA) is 144 Å². The lowest BCUT2D eigenvalue weighted by atomic mass is 9.83. The molecule has 13 heteroatoms. The van der Waals surface area contributed by atoms with E-state index in [-0.39, 0.29) is 52.7 Å². The van der Waals surface area contributed by atoms with Gasteiger partial charge in [0, 0.05) is 49.8 Å². The molecule has 11 atom stereocenters. The SMILES string of the molecule is [NH3+][C@@H]1CCCC[C@@H]1NC1CC2CNC(=O)C2C(NC2CC(C3CSC4C(=O)C=C(N5CCOCC5)SC43)NO2)N1. The molecule has 1 saturated carbocycles. The van der Waals surface area contributed by atoms with Crippen LogP contribution in [0.3, 0.4) is 0 Å². The van der Waals surface area contributed by atoms with Gasteiger partial charge in [0.05, 0.1) is 53.8 Å². The molecule has 222 valence electrons. The molecule has 6 fully saturated rings. The van der Waals surface area contributed by atoms with Crippen molar-refractivity contribution in [2.24, 2.45) is 17.8 Å². The van der Waals surface area contributed by atoms with Crippen LogP contribution in [0.2, 0.25) is 0 Å². The van der Waals surface area contributed by atoms with Crippen LogP contribution in [0.5, 0.6) is 0 Å². The number of nitrogens with zero attached hydrogens (tertiary/aromatic N) is 1. The number of fused-ring (bicyclic) bond motifs is 2. The number of amides is 1. The smallest absolute Gasteiger partial charge is 0.226 e. The Bertz CT molecular complexity index is 1000. The zero-order valence-electron chi connectivity index (χ0n) is 23.0. The number of thioether (sulfide) groups is 2. The normalized spacial score (nSPS) is 45.7. The Hall–Kier alpha value is -0.900. The number of rotatable bonds is 6. The van der Waals surface area contributed by atoms with Crippen molar-refractivity contribution in [3.63, 3.8) is 0 Å². The molecule has 1 aliphatic carbocycles. The first-order chi connectivity index (χ1) is 19.5. The third-order valence-electron chi connectivity index (χ3n) is 9.98. The highest BCUT2D eigenvalue weighted by Crippen LogP contribution is 2.49. The van der Waals surface area contributed by atoms with Crippen molar-refractivity contribution in [1.29, 1.82) is 0 Å². The molecule has 0 bridgehead atoms. The van der Waals surface area contributed by atoms with Crippen molar-refractivity contribution < 1.29 is 24.9 Å². The number of hydroxylamine groups is 1. The predicted molar refractivity (Wildman–Crippen MR) is 154 cm³/mol. The number of hydrogen-bond donors (Lipinski definition) is 6. The number of piperidine rings is 1. The molecule has 0 spiro atoms. The van der Waals surface area contributed by atoms with E-state index >= 15 is 0 Å². The van der Waals surface area contributed by atoms with Crippen molar-refractivity contribution >= 4 is 35.2 Å². The van der Waals surface area contributed by atoms with Crippen LogP contribution in [0.15, 0.2) is 11.1 Å². The average Bonchev–Trinajstić information content (AvgIpc) is 3.69. The van der Waals surface area contributed by atoms with Gasteiger partial charge in [-0.3, -0.25) is 30.4 Å². The molecule has 6 aliphatic heterocycles. The number of ether oxygens (including phenoxy) is 1. The molecule has 0 radical (unpaired) electrons. The van der Waals surface area contributed by atoms with E-state index < -0.39 is 0 Å². The summed E-state index contributed by atoms with van der Waals surface area (Å²) in [5.74, 6) is 1.83. The fourth-order valence-electron chi connectivity index (χ4n) is 7.74. The van der Waals surface area contributed by atoms with Gasteiger partial charge in [0.2, 0.25) is 5.91 Å². The van der Waals surface area contributed by atoms with E-state index in [9.17, 15) is 9.59 Å². The molecule has 0 aromatic rings. The number of carbonyl (C=O) groups is 2. The van der Waals surface area contributed by atoms with Gasteiger partial charge in [0.15, 0.2) is 5.78 Å². The summed E-state index contributed by atoms with van der Waals surface area (Å²) in [6, 6.07) is 1.01. The molecule has 0 aromatic carbocycles. The summed E-state index contributed by atoms with van der Waals surface area (Å²) in [6.45, 7) is 3.85. The summed E-state index contributed by atoms with van der Waals surface area (Å²) in [7, 11) is 0. The molecular weight excluding hydrogens is 550 g/mol.